The highest BCUT2D eigenvalue weighted by Crippen LogP contribution is 2.44. The number of esters is 1. The molecule has 248 valence electrons. The Morgan fingerprint density at radius 2 is 1.89 bits per heavy atom. The lowest BCUT2D eigenvalue weighted by Gasteiger charge is -2.39. The molecule has 1 aliphatic heterocycles. The van der Waals surface area contributed by atoms with Crippen LogP contribution in [0.15, 0.2) is 67.0 Å². The molecule has 9 nitrogen and oxygen atoms in total. The van der Waals surface area contributed by atoms with Gasteiger partial charge in [-0.1, -0.05) is 18.2 Å². The SMILES string of the molecule is CCOC(=O)CCc1ccc(OC2CCN(CC(O)(c3cn(Cc4ccccn4)c4cc(C#N)ccc34)C(F)(F)F)CC2)c(OC)c1. The van der Waals surface area contributed by atoms with Gasteiger partial charge in [-0.2, -0.15) is 18.4 Å². The number of piperidine rings is 1. The van der Waals surface area contributed by atoms with Gasteiger partial charge in [0.1, 0.15) is 6.10 Å². The van der Waals surface area contributed by atoms with Crippen LogP contribution in [0.3, 0.4) is 0 Å². The molecule has 0 aliphatic carbocycles. The fraction of sp³-hybridized carbons (Fsp3) is 0.400. The van der Waals surface area contributed by atoms with Crippen LogP contribution in [0.4, 0.5) is 13.2 Å². The van der Waals surface area contributed by atoms with E-state index in [0.29, 0.717) is 54.1 Å². The molecule has 1 fully saturated rings. The van der Waals surface area contributed by atoms with Gasteiger partial charge in [0.25, 0.3) is 0 Å². The fourth-order valence-corrected chi connectivity index (χ4v) is 5.95. The minimum atomic E-state index is -4.99. The van der Waals surface area contributed by atoms with Gasteiger partial charge in [-0.15, -0.1) is 0 Å². The molecule has 1 unspecified atom stereocenters. The first-order valence-corrected chi connectivity index (χ1v) is 15.5. The van der Waals surface area contributed by atoms with E-state index in [1.54, 1.807) is 52.9 Å². The molecule has 1 saturated heterocycles. The van der Waals surface area contributed by atoms with Gasteiger partial charge < -0.3 is 23.9 Å². The van der Waals surface area contributed by atoms with E-state index in [9.17, 15) is 28.3 Å². The molecule has 12 heteroatoms. The Labute approximate surface area is 271 Å². The van der Waals surface area contributed by atoms with Gasteiger partial charge in [-0.25, -0.2) is 0 Å². The summed E-state index contributed by atoms with van der Waals surface area (Å²) >= 11 is 0. The third-order valence-corrected chi connectivity index (χ3v) is 8.42. The van der Waals surface area contributed by atoms with Crippen molar-refractivity contribution in [2.75, 3.05) is 33.4 Å². The molecule has 0 amide bonds. The minimum absolute atomic E-state index is 0.165. The van der Waals surface area contributed by atoms with Gasteiger partial charge in [0.15, 0.2) is 11.5 Å². The number of hydrogen-bond acceptors (Lipinski definition) is 8. The van der Waals surface area contributed by atoms with Crippen LogP contribution in [0.1, 0.15) is 48.6 Å². The smallest absolute Gasteiger partial charge is 0.422 e. The molecule has 47 heavy (non-hydrogen) atoms. The third kappa shape index (κ3) is 7.69. The number of aliphatic hydroxyl groups is 1. The van der Waals surface area contributed by atoms with E-state index in [0.717, 1.165) is 5.56 Å². The molecule has 0 radical (unpaired) electrons. The molecular weight excluding hydrogens is 613 g/mol. The van der Waals surface area contributed by atoms with Gasteiger partial charge >= 0.3 is 12.1 Å². The van der Waals surface area contributed by atoms with Gasteiger partial charge in [-0.05, 0) is 68.1 Å². The quantitative estimate of drug-likeness (QED) is 0.193. The van der Waals surface area contributed by atoms with E-state index in [1.807, 2.05) is 12.1 Å². The maximum atomic E-state index is 14.9. The van der Waals surface area contributed by atoms with Crippen molar-refractivity contribution < 1.29 is 37.3 Å². The first-order valence-electron chi connectivity index (χ1n) is 15.5. The first-order chi connectivity index (χ1) is 22.5. The van der Waals surface area contributed by atoms with E-state index >= 15 is 0 Å². The number of carbonyl (C=O) groups excluding carboxylic acids is 1. The topological polar surface area (TPSA) is 110 Å². The van der Waals surface area contributed by atoms with Crippen LogP contribution in [0.5, 0.6) is 11.5 Å². The highest BCUT2D eigenvalue weighted by Gasteiger charge is 2.57. The summed E-state index contributed by atoms with van der Waals surface area (Å²) < 4.78 is 62.9. The number of nitrogens with zero attached hydrogens (tertiary/aromatic N) is 4. The first kappa shape index (κ1) is 33.8. The van der Waals surface area contributed by atoms with Gasteiger partial charge in [-0.3, -0.25) is 14.7 Å². The van der Waals surface area contributed by atoms with E-state index in [-0.39, 0.29) is 49.1 Å². The highest BCUT2D eigenvalue weighted by molar-refractivity contribution is 5.86. The predicted molar refractivity (Wildman–Crippen MR) is 168 cm³/mol. The molecule has 2 aromatic carbocycles. The summed E-state index contributed by atoms with van der Waals surface area (Å²) in [4.78, 5) is 17.6. The van der Waals surface area contributed by atoms with Gasteiger partial charge in [0, 0.05) is 49.4 Å². The number of alkyl halides is 3. The van der Waals surface area contributed by atoms with Crippen molar-refractivity contribution in [3.63, 3.8) is 0 Å². The van der Waals surface area contributed by atoms with Crippen LogP contribution in [-0.4, -0.2) is 71.2 Å². The second-order valence-corrected chi connectivity index (χ2v) is 11.6. The molecule has 0 bridgehead atoms. The van der Waals surface area contributed by atoms with Crippen molar-refractivity contribution in [2.24, 2.45) is 0 Å². The summed E-state index contributed by atoms with van der Waals surface area (Å²) in [7, 11) is 1.52. The normalized spacial score (nSPS) is 15.6. The molecule has 4 aromatic rings. The monoisotopic (exact) mass is 650 g/mol. The number of nitriles is 1. The number of fused-ring (bicyclic) bond motifs is 1. The zero-order valence-electron chi connectivity index (χ0n) is 26.3. The van der Waals surface area contributed by atoms with E-state index in [4.69, 9.17) is 14.2 Å². The van der Waals surface area contributed by atoms with E-state index in [1.165, 1.54) is 31.5 Å². The maximum Gasteiger partial charge on any atom is 0.422 e. The molecule has 1 N–H and O–H groups in total. The molecule has 2 aromatic heterocycles. The summed E-state index contributed by atoms with van der Waals surface area (Å²) in [5.74, 6) is 0.733. The van der Waals surface area contributed by atoms with Gasteiger partial charge in [0.05, 0.1) is 43.1 Å². The number of β-amino-alcohol motifs (C(OH)–C–C–N with tert-alkyl or cyclic N) is 1. The molecule has 1 aliphatic rings. The number of hydrogen-bond donors (Lipinski definition) is 1. The van der Waals surface area contributed by atoms with Crippen molar-refractivity contribution >= 4 is 16.9 Å². The lowest BCUT2D eigenvalue weighted by Crippen LogP contribution is -2.53. The number of ether oxygens (including phenoxy) is 3. The highest BCUT2D eigenvalue weighted by atomic mass is 19.4. The summed E-state index contributed by atoms with van der Waals surface area (Å²) in [5.41, 5.74) is -1.24. The lowest BCUT2D eigenvalue weighted by molar-refractivity contribution is -0.272. The number of pyridine rings is 1. The van der Waals surface area contributed by atoms with Crippen LogP contribution in [0.25, 0.3) is 10.9 Å². The Kier molecular flexibility index (Phi) is 10.4. The molecule has 0 saturated carbocycles. The van der Waals surface area contributed by atoms with Crippen molar-refractivity contribution in [3.8, 4) is 17.6 Å². The third-order valence-electron chi connectivity index (χ3n) is 8.42. The zero-order chi connectivity index (χ0) is 33.6. The van der Waals surface area contributed by atoms with E-state index in [2.05, 4.69) is 4.98 Å². The molecular formula is C35H37F3N4O5. The summed E-state index contributed by atoms with van der Waals surface area (Å²) in [6.45, 7) is 2.13. The Morgan fingerprint density at radius 1 is 1.11 bits per heavy atom. The fourth-order valence-electron chi connectivity index (χ4n) is 5.95. The molecule has 1 atom stereocenters. The summed E-state index contributed by atoms with van der Waals surface area (Å²) in [5, 5.41) is 21.2. The Bertz CT molecular complexity index is 1730. The number of aromatic nitrogens is 2. The van der Waals surface area contributed by atoms with Crippen molar-refractivity contribution in [1.29, 1.82) is 5.26 Å². The number of halogens is 3. The number of likely N-dealkylation sites (tertiary alicyclic amines) is 1. The zero-order valence-corrected chi connectivity index (χ0v) is 26.3. The Balaban J connectivity index is 1.31. The molecule has 0 spiro atoms. The second-order valence-electron chi connectivity index (χ2n) is 11.6. The number of benzene rings is 2. The van der Waals surface area contributed by atoms with Crippen molar-refractivity contribution in [3.05, 3.63) is 89.4 Å². The summed E-state index contributed by atoms with van der Waals surface area (Å²) in [6.07, 6.45) is -0.726. The van der Waals surface area contributed by atoms with Crippen molar-refractivity contribution in [1.82, 2.24) is 14.5 Å². The number of aryl methyl sites for hydroxylation is 1. The molecule has 5 rings (SSSR count). The largest absolute Gasteiger partial charge is 0.493 e. The number of rotatable bonds is 12. The van der Waals surface area contributed by atoms with Crippen molar-refractivity contribution in [2.45, 2.75) is 57.0 Å². The molecule has 3 heterocycles. The number of methoxy groups -OCH3 is 1. The average molecular weight is 651 g/mol. The standard InChI is InChI=1S/C35H37F3N4O5/c1-3-46-33(43)12-9-24-8-11-31(32(19-24)45-2)47-27-13-16-41(17-14-27)23-34(44,35(36,37)38)29-22-42(21-26-6-4-5-15-40-26)30-18-25(20-39)7-10-28(29)30/h4-8,10-11,15,18-19,22,27,44H,3,9,12-14,16-17,21,23H2,1-2H3. The second kappa shape index (κ2) is 14.4. The Morgan fingerprint density at radius 3 is 2.55 bits per heavy atom. The van der Waals surface area contributed by atoms with Crippen LogP contribution in [0, 0.1) is 11.3 Å². The average Bonchev–Trinajstić information content (AvgIpc) is 3.42. The summed E-state index contributed by atoms with van der Waals surface area (Å²) in [6, 6.07) is 17.2. The van der Waals surface area contributed by atoms with Gasteiger partial charge in [0.2, 0.25) is 5.60 Å². The van der Waals surface area contributed by atoms with Crippen LogP contribution in [-0.2, 0) is 28.1 Å². The predicted octanol–water partition coefficient (Wildman–Crippen LogP) is 5.75. The van der Waals surface area contributed by atoms with E-state index < -0.39 is 18.3 Å². The van der Waals surface area contributed by atoms with Crippen LogP contribution < -0.4 is 9.47 Å². The van der Waals surface area contributed by atoms with Crippen LogP contribution >= 0.6 is 0 Å². The van der Waals surface area contributed by atoms with Crippen LogP contribution in [0.2, 0.25) is 0 Å². The maximum absolute atomic E-state index is 14.9. The lowest BCUT2D eigenvalue weighted by atomic mass is 9.90. The Hall–Kier alpha value is -4.60. The number of carbonyl (C=O) groups is 1. The minimum Gasteiger partial charge on any atom is -0.493 e.